The van der Waals surface area contributed by atoms with Crippen molar-refractivity contribution < 1.29 is 13.6 Å². The minimum Gasteiger partial charge on any atom is -0.348 e. The van der Waals surface area contributed by atoms with Gasteiger partial charge in [-0.3, -0.25) is 9.48 Å². The lowest BCUT2D eigenvalue weighted by atomic mass is 10.3. The second kappa shape index (κ2) is 8.23. The van der Waals surface area contributed by atoms with E-state index in [0.717, 1.165) is 0 Å². The minimum atomic E-state index is -3.07. The molecule has 1 atom stereocenters. The first-order valence-corrected chi connectivity index (χ1v) is 4.81. The highest BCUT2D eigenvalue weighted by atomic mass is 35.5. The molecule has 1 aromatic heterocycles. The second-order valence-corrected chi connectivity index (χ2v) is 3.44. The van der Waals surface area contributed by atoms with E-state index in [1.807, 2.05) is 0 Å². The fourth-order valence-corrected chi connectivity index (χ4v) is 1.07. The lowest BCUT2D eigenvalue weighted by Gasteiger charge is -2.17. The van der Waals surface area contributed by atoms with Gasteiger partial charge in [0.15, 0.2) is 0 Å². The van der Waals surface area contributed by atoms with Crippen LogP contribution < -0.4 is 11.1 Å². The number of halogens is 4. The van der Waals surface area contributed by atoms with Crippen molar-refractivity contribution in [3.63, 3.8) is 0 Å². The number of rotatable bonds is 5. The Morgan fingerprint density at radius 2 is 2.17 bits per heavy atom. The van der Waals surface area contributed by atoms with Crippen LogP contribution >= 0.6 is 24.8 Å². The van der Waals surface area contributed by atoms with Crippen molar-refractivity contribution in [3.8, 4) is 0 Å². The van der Waals surface area contributed by atoms with Crippen LogP contribution in [0.1, 0.15) is 13.0 Å². The van der Waals surface area contributed by atoms with Crippen LogP contribution in [0, 0.1) is 0 Å². The zero-order chi connectivity index (χ0) is 12.2. The lowest BCUT2D eigenvalue weighted by molar-refractivity contribution is -0.125. The number of alkyl halides is 2. The number of hydrogen-bond acceptors (Lipinski definition) is 3. The predicted octanol–water partition coefficient (Wildman–Crippen LogP) is 0.998. The van der Waals surface area contributed by atoms with Gasteiger partial charge in [-0.1, -0.05) is 0 Å². The Kier molecular flexibility index (Phi) is 8.88. The molecule has 0 fully saturated rings. The first-order valence-electron chi connectivity index (χ1n) is 4.81. The fraction of sp³-hybridized carbons (Fsp3) is 0.556. The number of nitrogens with two attached hydrogens (primary N) is 1. The van der Waals surface area contributed by atoms with E-state index in [4.69, 9.17) is 5.73 Å². The lowest BCUT2D eigenvalue weighted by Crippen LogP contribution is -2.43. The van der Waals surface area contributed by atoms with Gasteiger partial charge in [0.05, 0.1) is 13.1 Å². The molecule has 3 N–H and O–H groups in total. The van der Waals surface area contributed by atoms with Crippen molar-refractivity contribution >= 4 is 30.7 Å². The van der Waals surface area contributed by atoms with Gasteiger partial charge in [-0.15, -0.1) is 24.8 Å². The van der Waals surface area contributed by atoms with Gasteiger partial charge in [-0.2, -0.15) is 5.10 Å². The summed E-state index contributed by atoms with van der Waals surface area (Å²) in [4.78, 5) is 11.5. The summed E-state index contributed by atoms with van der Waals surface area (Å²) in [5, 5.41) is 5.98. The van der Waals surface area contributed by atoms with E-state index in [2.05, 4.69) is 10.4 Å². The summed E-state index contributed by atoms with van der Waals surface area (Å²) in [5.41, 5.74) is 4.84. The van der Waals surface area contributed by atoms with E-state index in [1.54, 1.807) is 19.2 Å². The first-order chi connectivity index (χ1) is 7.46. The Morgan fingerprint density at radius 3 is 2.61 bits per heavy atom. The Balaban J connectivity index is 0. The largest absolute Gasteiger partial charge is 0.348 e. The van der Waals surface area contributed by atoms with Crippen LogP contribution in [-0.4, -0.2) is 34.7 Å². The molecule has 0 saturated heterocycles. The molecule has 1 amide bonds. The van der Waals surface area contributed by atoms with Gasteiger partial charge in [-0.25, -0.2) is 8.78 Å². The van der Waals surface area contributed by atoms with Crippen molar-refractivity contribution in [1.29, 1.82) is 0 Å². The number of nitrogens with zero attached hydrogens (tertiary/aromatic N) is 2. The maximum Gasteiger partial charge on any atom is 0.277 e. The third kappa shape index (κ3) is 5.61. The molecule has 0 radical (unpaired) electrons. The van der Waals surface area contributed by atoms with E-state index >= 15 is 0 Å². The van der Waals surface area contributed by atoms with E-state index < -0.39 is 31.0 Å². The number of aromatic nitrogens is 2. The molecule has 18 heavy (non-hydrogen) atoms. The summed E-state index contributed by atoms with van der Waals surface area (Å²) in [6, 6.07) is 1.03. The van der Waals surface area contributed by atoms with E-state index in [-0.39, 0.29) is 24.8 Å². The molecule has 0 saturated carbocycles. The molecule has 0 aliphatic rings. The standard InChI is InChI=1S/C9H14F2N4O.2ClH/c1-7(15-4-2-3-14-15)8(16)13-6-9(10,11)5-12;;/h2-4,7H,5-6,12H2,1H3,(H,13,16);2*1H. The van der Waals surface area contributed by atoms with Crippen molar-refractivity contribution in [2.24, 2.45) is 5.73 Å². The molecule has 106 valence electrons. The molecule has 9 heteroatoms. The van der Waals surface area contributed by atoms with Crippen molar-refractivity contribution in [1.82, 2.24) is 15.1 Å². The molecule has 0 aromatic carbocycles. The summed E-state index contributed by atoms with van der Waals surface area (Å²) in [6.45, 7) is 0.0281. The number of hydrogen-bond donors (Lipinski definition) is 2. The number of amides is 1. The number of carbonyl (C=O) groups excluding carboxylic acids is 1. The van der Waals surface area contributed by atoms with Gasteiger partial charge >= 0.3 is 0 Å². The maximum atomic E-state index is 12.8. The average molecular weight is 305 g/mol. The summed E-state index contributed by atoms with van der Waals surface area (Å²) < 4.78 is 26.9. The minimum absolute atomic E-state index is 0. The first kappa shape index (κ1) is 19.4. The zero-order valence-corrected chi connectivity index (χ0v) is 11.3. The van der Waals surface area contributed by atoms with Gasteiger partial charge in [0.2, 0.25) is 5.91 Å². The summed E-state index contributed by atoms with van der Waals surface area (Å²) in [5.74, 6) is -3.59. The molecular weight excluding hydrogens is 289 g/mol. The predicted molar refractivity (Wildman–Crippen MR) is 68.4 cm³/mol. The Hall–Kier alpha value is -0.920. The van der Waals surface area contributed by atoms with Crippen molar-refractivity contribution in [3.05, 3.63) is 18.5 Å². The molecule has 1 rings (SSSR count). The summed E-state index contributed by atoms with van der Waals surface area (Å²) in [6.07, 6.45) is 3.10. The molecule has 0 bridgehead atoms. The van der Waals surface area contributed by atoms with Gasteiger partial charge in [0.25, 0.3) is 5.92 Å². The van der Waals surface area contributed by atoms with Gasteiger partial charge in [0, 0.05) is 12.4 Å². The van der Waals surface area contributed by atoms with Crippen LogP contribution in [0.15, 0.2) is 18.5 Å². The number of carbonyl (C=O) groups is 1. The van der Waals surface area contributed by atoms with E-state index in [1.165, 1.54) is 10.9 Å². The molecule has 5 nitrogen and oxygen atoms in total. The normalized spacial score (nSPS) is 12.0. The van der Waals surface area contributed by atoms with E-state index in [9.17, 15) is 13.6 Å². The van der Waals surface area contributed by atoms with Crippen LogP contribution in [0.25, 0.3) is 0 Å². The molecule has 1 heterocycles. The molecule has 0 spiro atoms. The smallest absolute Gasteiger partial charge is 0.277 e. The van der Waals surface area contributed by atoms with Crippen LogP contribution in [0.4, 0.5) is 8.78 Å². The van der Waals surface area contributed by atoms with Crippen LogP contribution in [-0.2, 0) is 4.79 Å². The highest BCUT2D eigenvalue weighted by Crippen LogP contribution is 2.10. The average Bonchev–Trinajstić information content (AvgIpc) is 2.78. The van der Waals surface area contributed by atoms with Crippen molar-refractivity contribution in [2.45, 2.75) is 18.9 Å². The van der Waals surface area contributed by atoms with Crippen molar-refractivity contribution in [2.75, 3.05) is 13.1 Å². The summed E-state index contributed by atoms with van der Waals surface area (Å²) >= 11 is 0. The van der Waals surface area contributed by atoms with E-state index in [0.29, 0.717) is 0 Å². The highest BCUT2D eigenvalue weighted by Gasteiger charge is 2.28. The Bertz CT molecular complexity index is 348. The topological polar surface area (TPSA) is 72.9 Å². The van der Waals surface area contributed by atoms with Crippen LogP contribution in [0.5, 0.6) is 0 Å². The Labute approximate surface area is 116 Å². The Morgan fingerprint density at radius 1 is 1.56 bits per heavy atom. The molecular formula is C9H16Cl2F2N4O. The fourth-order valence-electron chi connectivity index (χ4n) is 1.07. The summed E-state index contributed by atoms with van der Waals surface area (Å²) in [7, 11) is 0. The monoisotopic (exact) mass is 304 g/mol. The third-order valence-electron chi connectivity index (χ3n) is 2.12. The molecule has 1 aromatic rings. The number of nitrogens with one attached hydrogen (secondary N) is 1. The SMILES string of the molecule is CC(C(=O)NCC(F)(F)CN)n1cccn1.Cl.Cl. The molecule has 1 unspecified atom stereocenters. The maximum absolute atomic E-state index is 12.8. The molecule has 0 aliphatic carbocycles. The second-order valence-electron chi connectivity index (χ2n) is 3.44. The highest BCUT2D eigenvalue weighted by molar-refractivity contribution is 5.85. The van der Waals surface area contributed by atoms with Gasteiger partial charge in [0.1, 0.15) is 6.04 Å². The quantitative estimate of drug-likeness (QED) is 0.852. The van der Waals surface area contributed by atoms with Gasteiger partial charge in [-0.05, 0) is 13.0 Å². The zero-order valence-electron chi connectivity index (χ0n) is 9.68. The van der Waals surface area contributed by atoms with Crippen LogP contribution in [0.3, 0.4) is 0 Å². The third-order valence-corrected chi connectivity index (χ3v) is 2.12. The van der Waals surface area contributed by atoms with Crippen LogP contribution in [0.2, 0.25) is 0 Å². The van der Waals surface area contributed by atoms with Gasteiger partial charge < -0.3 is 11.1 Å². The molecule has 0 aliphatic heterocycles.